The zero-order valence-corrected chi connectivity index (χ0v) is 12.9. The number of H-pyrrole nitrogens is 1. The summed E-state index contributed by atoms with van der Waals surface area (Å²) in [7, 11) is 1.90. The fourth-order valence-electron chi connectivity index (χ4n) is 2.90. The van der Waals surface area contributed by atoms with Crippen molar-refractivity contribution in [1.82, 2.24) is 34.3 Å². The maximum Gasteiger partial charge on any atom is 0.153 e. The van der Waals surface area contributed by atoms with E-state index in [-0.39, 0.29) is 0 Å². The Kier molecular flexibility index (Phi) is 2.58. The average molecular weight is 315 g/mol. The molecular formula is C17H13N7. The Morgan fingerprint density at radius 2 is 2.04 bits per heavy atom. The Bertz CT molecular complexity index is 1180. The average Bonchev–Trinajstić information content (AvgIpc) is 3.32. The van der Waals surface area contributed by atoms with Crippen molar-refractivity contribution in [2.24, 2.45) is 7.05 Å². The lowest BCUT2D eigenvalue weighted by molar-refractivity contribution is 0.768. The molecule has 0 atom stereocenters. The second-order valence-corrected chi connectivity index (χ2v) is 5.67. The minimum atomic E-state index is 0.827. The van der Waals surface area contributed by atoms with Gasteiger partial charge in [-0.25, -0.2) is 14.5 Å². The minimum absolute atomic E-state index is 0.827. The number of hydrogen-bond acceptors (Lipinski definition) is 4. The summed E-state index contributed by atoms with van der Waals surface area (Å²) in [6.45, 7) is 0. The molecule has 24 heavy (non-hydrogen) atoms. The molecule has 5 rings (SSSR count). The fourth-order valence-corrected chi connectivity index (χ4v) is 2.90. The first-order valence-electron chi connectivity index (χ1n) is 7.55. The third kappa shape index (κ3) is 1.91. The molecule has 7 heteroatoms. The maximum absolute atomic E-state index is 4.62. The van der Waals surface area contributed by atoms with Crippen molar-refractivity contribution in [1.29, 1.82) is 0 Å². The first kappa shape index (κ1) is 13.0. The Morgan fingerprint density at radius 3 is 2.92 bits per heavy atom. The van der Waals surface area contributed by atoms with E-state index in [1.165, 1.54) is 0 Å². The second-order valence-electron chi connectivity index (χ2n) is 5.67. The SMILES string of the molecule is Cn1cc(-c2cnc3[nH]cc(-c4ccc5nccn5n4)c3c2)cn1. The monoisotopic (exact) mass is 315 g/mol. The summed E-state index contributed by atoms with van der Waals surface area (Å²) in [4.78, 5) is 12.0. The van der Waals surface area contributed by atoms with E-state index in [1.807, 2.05) is 50.2 Å². The highest BCUT2D eigenvalue weighted by Gasteiger charge is 2.11. The summed E-state index contributed by atoms with van der Waals surface area (Å²) >= 11 is 0. The number of imidazole rings is 1. The molecule has 5 heterocycles. The van der Waals surface area contributed by atoms with Crippen LogP contribution in [0.4, 0.5) is 0 Å². The molecule has 0 unspecified atom stereocenters. The second kappa shape index (κ2) is 4.76. The van der Waals surface area contributed by atoms with Crippen LogP contribution in [0.15, 0.2) is 55.4 Å². The molecule has 5 aromatic heterocycles. The van der Waals surface area contributed by atoms with Crippen molar-refractivity contribution < 1.29 is 0 Å². The van der Waals surface area contributed by atoms with Gasteiger partial charge in [-0.3, -0.25) is 4.68 Å². The van der Waals surface area contributed by atoms with E-state index in [1.54, 1.807) is 15.4 Å². The Hall–Kier alpha value is -3.48. The van der Waals surface area contributed by atoms with Gasteiger partial charge in [0.05, 0.1) is 11.9 Å². The topological polar surface area (TPSA) is 76.7 Å². The van der Waals surface area contributed by atoms with Crippen LogP contribution < -0.4 is 0 Å². The van der Waals surface area contributed by atoms with Gasteiger partial charge < -0.3 is 4.98 Å². The molecule has 0 saturated carbocycles. The quantitative estimate of drug-likeness (QED) is 0.543. The Balaban J connectivity index is 1.70. The van der Waals surface area contributed by atoms with Crippen molar-refractivity contribution in [3.8, 4) is 22.4 Å². The first-order chi connectivity index (χ1) is 11.8. The number of rotatable bonds is 2. The smallest absolute Gasteiger partial charge is 0.153 e. The molecule has 0 spiro atoms. The number of nitrogens with one attached hydrogen (secondary N) is 1. The van der Waals surface area contributed by atoms with Crippen LogP contribution in [0.1, 0.15) is 0 Å². The summed E-state index contributed by atoms with van der Waals surface area (Å²) in [6, 6.07) is 6.05. The number of aromatic nitrogens is 7. The zero-order chi connectivity index (χ0) is 16.1. The summed E-state index contributed by atoms with van der Waals surface area (Å²) in [5, 5.41) is 9.88. The van der Waals surface area contributed by atoms with Crippen LogP contribution in [-0.4, -0.2) is 34.3 Å². The number of pyridine rings is 1. The zero-order valence-electron chi connectivity index (χ0n) is 12.9. The molecule has 5 aromatic rings. The highest BCUT2D eigenvalue weighted by Crippen LogP contribution is 2.29. The Labute approximate surface area is 136 Å². The molecule has 0 amide bonds. The van der Waals surface area contributed by atoms with Crippen LogP contribution in [0.5, 0.6) is 0 Å². The fraction of sp³-hybridized carbons (Fsp3) is 0.0588. The summed E-state index contributed by atoms with van der Waals surface area (Å²) < 4.78 is 3.55. The summed E-state index contributed by atoms with van der Waals surface area (Å²) in [5.74, 6) is 0. The lowest BCUT2D eigenvalue weighted by Crippen LogP contribution is -1.92. The van der Waals surface area contributed by atoms with Crippen LogP contribution in [0.3, 0.4) is 0 Å². The van der Waals surface area contributed by atoms with Gasteiger partial charge in [-0.15, -0.1) is 0 Å². The lowest BCUT2D eigenvalue weighted by atomic mass is 10.1. The van der Waals surface area contributed by atoms with Crippen LogP contribution in [0.2, 0.25) is 0 Å². The van der Waals surface area contributed by atoms with Crippen LogP contribution in [-0.2, 0) is 7.05 Å². The van der Waals surface area contributed by atoms with E-state index in [0.29, 0.717) is 0 Å². The van der Waals surface area contributed by atoms with E-state index in [9.17, 15) is 0 Å². The molecule has 0 saturated heterocycles. The minimum Gasteiger partial charge on any atom is -0.345 e. The van der Waals surface area contributed by atoms with E-state index < -0.39 is 0 Å². The van der Waals surface area contributed by atoms with Gasteiger partial charge >= 0.3 is 0 Å². The predicted molar refractivity (Wildman–Crippen MR) is 90.3 cm³/mol. The van der Waals surface area contributed by atoms with Crippen molar-refractivity contribution >= 4 is 16.7 Å². The maximum atomic E-state index is 4.62. The molecular weight excluding hydrogens is 302 g/mol. The first-order valence-corrected chi connectivity index (χ1v) is 7.55. The molecule has 0 bridgehead atoms. The molecule has 1 N–H and O–H groups in total. The van der Waals surface area contributed by atoms with Crippen LogP contribution in [0.25, 0.3) is 39.1 Å². The standard InChI is InChI=1S/C17H13N7/c1-23-10-12(8-21-23)11-6-13-14(9-20-17(13)19-7-11)15-2-3-16-18-4-5-24(16)22-15/h2-10H,1H3,(H,19,20). The molecule has 0 fully saturated rings. The van der Waals surface area contributed by atoms with E-state index >= 15 is 0 Å². The third-order valence-electron chi connectivity index (χ3n) is 4.10. The van der Waals surface area contributed by atoms with Gasteiger partial charge in [0, 0.05) is 60.1 Å². The van der Waals surface area contributed by atoms with Gasteiger partial charge in [0.15, 0.2) is 5.65 Å². The molecule has 0 aliphatic heterocycles. The largest absolute Gasteiger partial charge is 0.345 e. The Morgan fingerprint density at radius 1 is 1.08 bits per heavy atom. The number of aromatic amines is 1. The summed E-state index contributed by atoms with van der Waals surface area (Å²) in [5.41, 5.74) is 5.62. The van der Waals surface area contributed by atoms with Gasteiger partial charge in [0.25, 0.3) is 0 Å². The normalized spacial score (nSPS) is 11.5. The molecule has 0 aromatic carbocycles. The highest BCUT2D eigenvalue weighted by atomic mass is 15.2. The lowest BCUT2D eigenvalue weighted by Gasteiger charge is -2.02. The summed E-state index contributed by atoms with van der Waals surface area (Å²) in [6.07, 6.45) is 11.2. The van der Waals surface area contributed by atoms with Gasteiger partial charge in [-0.05, 0) is 18.2 Å². The number of hydrogen-bond donors (Lipinski definition) is 1. The molecule has 0 aliphatic carbocycles. The van der Waals surface area contributed by atoms with Gasteiger partial charge in [-0.1, -0.05) is 0 Å². The van der Waals surface area contributed by atoms with Crippen molar-refractivity contribution in [3.63, 3.8) is 0 Å². The van der Waals surface area contributed by atoms with Gasteiger partial charge in [-0.2, -0.15) is 10.2 Å². The molecule has 7 nitrogen and oxygen atoms in total. The number of fused-ring (bicyclic) bond motifs is 2. The molecule has 0 radical (unpaired) electrons. The van der Waals surface area contributed by atoms with Crippen molar-refractivity contribution in [2.45, 2.75) is 0 Å². The predicted octanol–water partition coefficient (Wildman–Crippen LogP) is 2.67. The van der Waals surface area contributed by atoms with Gasteiger partial charge in [0.1, 0.15) is 5.65 Å². The van der Waals surface area contributed by atoms with E-state index in [0.717, 1.165) is 39.1 Å². The highest BCUT2D eigenvalue weighted by molar-refractivity contribution is 5.94. The van der Waals surface area contributed by atoms with Crippen molar-refractivity contribution in [2.75, 3.05) is 0 Å². The van der Waals surface area contributed by atoms with E-state index in [2.05, 4.69) is 31.2 Å². The molecule has 116 valence electrons. The van der Waals surface area contributed by atoms with E-state index in [4.69, 9.17) is 0 Å². The van der Waals surface area contributed by atoms with Gasteiger partial charge in [0.2, 0.25) is 0 Å². The third-order valence-corrected chi connectivity index (χ3v) is 4.10. The number of nitrogens with zero attached hydrogens (tertiary/aromatic N) is 6. The van der Waals surface area contributed by atoms with Crippen LogP contribution in [0, 0.1) is 0 Å². The number of aryl methyl sites for hydroxylation is 1. The molecule has 0 aliphatic rings. The van der Waals surface area contributed by atoms with Crippen LogP contribution >= 0.6 is 0 Å². The van der Waals surface area contributed by atoms with Crippen molar-refractivity contribution in [3.05, 3.63) is 55.4 Å².